The van der Waals surface area contributed by atoms with E-state index in [2.05, 4.69) is 34.4 Å². The summed E-state index contributed by atoms with van der Waals surface area (Å²) in [6.45, 7) is 11.1. The van der Waals surface area contributed by atoms with Gasteiger partial charge >= 0.3 is 12.1 Å². The number of nitrogens with two attached hydrogens (primary N) is 1. The predicted molar refractivity (Wildman–Crippen MR) is 158 cm³/mol. The number of hydrogen-bond acceptors (Lipinski definition) is 6. The van der Waals surface area contributed by atoms with Crippen molar-refractivity contribution in [1.82, 2.24) is 19.8 Å². The zero-order valence-electron chi connectivity index (χ0n) is 25.4. The Labute approximate surface area is 251 Å². The normalized spacial score (nSPS) is 15.3. The first-order valence-electron chi connectivity index (χ1n) is 14.7. The first-order chi connectivity index (χ1) is 20.2. The van der Waals surface area contributed by atoms with Gasteiger partial charge < -0.3 is 30.9 Å². The largest absolute Gasteiger partial charge is 0.480 e. The van der Waals surface area contributed by atoms with Crippen molar-refractivity contribution < 1.29 is 32.7 Å². The molecule has 0 spiro atoms. The van der Waals surface area contributed by atoms with Crippen LogP contribution in [0.2, 0.25) is 0 Å². The number of carbonyl (C=O) groups is 3. The summed E-state index contributed by atoms with van der Waals surface area (Å²) in [6.07, 6.45) is 3.57. The van der Waals surface area contributed by atoms with Crippen molar-refractivity contribution in [1.29, 1.82) is 0 Å². The van der Waals surface area contributed by atoms with Crippen LogP contribution in [0.4, 0.5) is 19.0 Å². The highest BCUT2D eigenvalue weighted by atomic mass is 19.4. The minimum absolute atomic E-state index is 0.206. The number of amides is 2. The number of hydrogen-bond donors (Lipinski definition) is 4. The summed E-state index contributed by atoms with van der Waals surface area (Å²) in [5.41, 5.74) is 4.34. The van der Waals surface area contributed by atoms with Gasteiger partial charge in [-0.15, -0.1) is 0 Å². The van der Waals surface area contributed by atoms with Crippen LogP contribution in [-0.2, 0) is 32.5 Å². The Kier molecular flexibility index (Phi) is 13.6. The van der Waals surface area contributed by atoms with Crippen LogP contribution in [0.25, 0.3) is 0 Å². The Morgan fingerprint density at radius 3 is 2.30 bits per heavy atom. The van der Waals surface area contributed by atoms with Gasteiger partial charge in [-0.1, -0.05) is 44.9 Å². The fourth-order valence-corrected chi connectivity index (χ4v) is 4.78. The van der Waals surface area contributed by atoms with E-state index < -0.39 is 41.6 Å². The predicted octanol–water partition coefficient (Wildman–Crippen LogP) is 4.40. The van der Waals surface area contributed by atoms with Crippen LogP contribution < -0.4 is 16.4 Å². The summed E-state index contributed by atoms with van der Waals surface area (Å²) in [5, 5.41) is 13.6. The van der Waals surface area contributed by atoms with Crippen molar-refractivity contribution in [3.63, 3.8) is 0 Å². The number of alkyl halides is 3. The van der Waals surface area contributed by atoms with E-state index in [0.717, 1.165) is 38.2 Å². The minimum Gasteiger partial charge on any atom is -0.480 e. The summed E-state index contributed by atoms with van der Waals surface area (Å²) < 4.78 is 40.8. The van der Waals surface area contributed by atoms with Crippen molar-refractivity contribution in [2.75, 3.05) is 25.0 Å². The Morgan fingerprint density at radius 2 is 1.74 bits per heavy atom. The maximum Gasteiger partial charge on any atom is 0.416 e. The van der Waals surface area contributed by atoms with Crippen molar-refractivity contribution in [2.24, 2.45) is 5.73 Å². The number of aliphatic carboxylic acids is 1. The zero-order valence-corrected chi connectivity index (χ0v) is 25.4. The number of carbonyl (C=O) groups excluding carboxylic acids is 2. The molecule has 1 aliphatic rings. The number of benzene rings is 1. The number of nitrogens with one attached hydrogen (secondary N) is 2. The molecule has 43 heavy (non-hydrogen) atoms. The number of carboxylic acids is 1. The topological polar surface area (TPSA) is 143 Å². The molecule has 2 unspecified atom stereocenters. The SMILES string of the molecule is CCCC(N)C(=O)O.CCCC(NC(=O)Cc1cccc(C(F)(F)F)c1)C(=O)Nc1cn(C(C)(C)CN2CCCC2)cn1. The number of anilines is 1. The molecule has 2 heterocycles. The lowest BCUT2D eigenvalue weighted by Crippen LogP contribution is -2.44. The molecular weight excluding hydrogens is 565 g/mol. The van der Waals surface area contributed by atoms with Crippen LogP contribution in [0.1, 0.15) is 77.3 Å². The Hall–Kier alpha value is -3.45. The van der Waals surface area contributed by atoms with Gasteiger partial charge in [0.05, 0.1) is 23.9 Å². The number of rotatable bonds is 13. The molecule has 0 radical (unpaired) electrons. The number of carboxylic acid groups (broad SMARTS) is 1. The molecule has 0 bridgehead atoms. The van der Waals surface area contributed by atoms with Crippen molar-refractivity contribution >= 4 is 23.6 Å². The maximum absolute atomic E-state index is 12.9. The fraction of sp³-hybridized carbons (Fsp3) is 0.600. The quantitative estimate of drug-likeness (QED) is 0.263. The molecule has 240 valence electrons. The standard InChI is InChI=1S/C25H34F3N5O2.C5H11NO2/c1-4-8-20(30-22(34)14-18-9-7-10-19(13-18)25(26,27)28)23(35)31-21-15-33(17-29-21)24(2,3)16-32-11-5-6-12-32;1-2-3-4(6)5(7)8/h7,9-10,13,15,17,20H,4-6,8,11-12,14,16H2,1-3H3,(H,30,34)(H,31,35);4H,2-3,6H2,1H3,(H,7,8). The van der Waals surface area contributed by atoms with Gasteiger partial charge in [0.2, 0.25) is 11.8 Å². The first-order valence-corrected chi connectivity index (χ1v) is 14.7. The molecule has 0 aliphatic carbocycles. The van der Waals surface area contributed by atoms with E-state index in [-0.39, 0.29) is 17.5 Å². The summed E-state index contributed by atoms with van der Waals surface area (Å²) in [4.78, 5) is 42.1. The van der Waals surface area contributed by atoms with Crippen molar-refractivity contribution in [3.05, 3.63) is 47.9 Å². The number of imidazole rings is 1. The number of nitrogens with zero attached hydrogens (tertiary/aromatic N) is 3. The molecular formula is C30H45F3N6O4. The third-order valence-corrected chi connectivity index (χ3v) is 7.11. The highest BCUT2D eigenvalue weighted by molar-refractivity contribution is 5.96. The van der Waals surface area contributed by atoms with Crippen LogP contribution in [0.5, 0.6) is 0 Å². The lowest BCUT2D eigenvalue weighted by Gasteiger charge is -2.31. The van der Waals surface area contributed by atoms with Gasteiger partial charge in [-0.2, -0.15) is 13.2 Å². The molecule has 5 N–H and O–H groups in total. The van der Waals surface area contributed by atoms with Gasteiger partial charge in [0.1, 0.15) is 12.1 Å². The van der Waals surface area contributed by atoms with Crippen LogP contribution in [0.15, 0.2) is 36.8 Å². The van der Waals surface area contributed by atoms with Crippen LogP contribution in [0.3, 0.4) is 0 Å². The summed E-state index contributed by atoms with van der Waals surface area (Å²) in [7, 11) is 0. The molecule has 2 aromatic rings. The molecule has 1 fully saturated rings. The Bertz CT molecular complexity index is 1190. The molecule has 2 amide bonds. The zero-order chi connectivity index (χ0) is 32.2. The molecule has 1 aromatic heterocycles. The molecule has 0 saturated carbocycles. The third kappa shape index (κ3) is 12.0. The van der Waals surface area contributed by atoms with Gasteiger partial charge in [-0.3, -0.25) is 14.4 Å². The van der Waals surface area contributed by atoms with E-state index in [4.69, 9.17) is 10.8 Å². The molecule has 10 nitrogen and oxygen atoms in total. The minimum atomic E-state index is -4.48. The van der Waals surface area contributed by atoms with Crippen LogP contribution >= 0.6 is 0 Å². The highest BCUT2D eigenvalue weighted by Crippen LogP contribution is 2.29. The third-order valence-electron chi connectivity index (χ3n) is 7.11. The second-order valence-corrected chi connectivity index (χ2v) is 11.5. The molecule has 1 aliphatic heterocycles. The number of aromatic nitrogens is 2. The fourth-order valence-electron chi connectivity index (χ4n) is 4.78. The monoisotopic (exact) mass is 610 g/mol. The molecule has 1 saturated heterocycles. The number of likely N-dealkylation sites (tertiary alicyclic amines) is 1. The summed E-state index contributed by atoms with van der Waals surface area (Å²) in [5.74, 6) is -1.45. The van der Waals surface area contributed by atoms with Gasteiger partial charge in [0, 0.05) is 12.7 Å². The Balaban J connectivity index is 0.000000708. The van der Waals surface area contributed by atoms with Crippen molar-refractivity contribution in [3.8, 4) is 0 Å². The van der Waals surface area contributed by atoms with Crippen molar-refractivity contribution in [2.45, 2.75) is 96.4 Å². The van der Waals surface area contributed by atoms with Crippen LogP contribution in [-0.4, -0.2) is 69.1 Å². The second-order valence-electron chi connectivity index (χ2n) is 11.5. The lowest BCUT2D eigenvalue weighted by molar-refractivity contribution is -0.139. The summed E-state index contributed by atoms with van der Waals surface area (Å²) in [6, 6.07) is 3.15. The van der Waals surface area contributed by atoms with E-state index in [9.17, 15) is 27.6 Å². The first kappa shape index (κ1) is 35.7. The van der Waals surface area contributed by atoms with E-state index in [1.165, 1.54) is 25.0 Å². The van der Waals surface area contributed by atoms with Gasteiger partial charge in [-0.05, 0) is 64.3 Å². The highest BCUT2D eigenvalue weighted by Gasteiger charge is 2.31. The van der Waals surface area contributed by atoms with Gasteiger partial charge in [0.25, 0.3) is 0 Å². The van der Waals surface area contributed by atoms with E-state index >= 15 is 0 Å². The average molecular weight is 611 g/mol. The van der Waals surface area contributed by atoms with Gasteiger partial charge in [0.15, 0.2) is 5.82 Å². The van der Waals surface area contributed by atoms with Crippen LogP contribution in [0, 0.1) is 0 Å². The van der Waals surface area contributed by atoms with E-state index in [0.29, 0.717) is 25.1 Å². The molecule has 13 heteroatoms. The molecule has 2 atom stereocenters. The smallest absolute Gasteiger partial charge is 0.416 e. The molecule has 3 rings (SSSR count). The maximum atomic E-state index is 12.9. The second kappa shape index (κ2) is 16.4. The van der Waals surface area contributed by atoms with E-state index in [1.54, 1.807) is 12.5 Å². The number of halogens is 3. The van der Waals surface area contributed by atoms with E-state index in [1.807, 2.05) is 18.4 Å². The summed E-state index contributed by atoms with van der Waals surface area (Å²) >= 11 is 0. The average Bonchev–Trinajstić information content (AvgIpc) is 3.61. The molecule has 1 aromatic carbocycles. The lowest BCUT2D eigenvalue weighted by atomic mass is 10.1. The van der Waals surface area contributed by atoms with Gasteiger partial charge in [-0.25, -0.2) is 4.98 Å². The Morgan fingerprint density at radius 1 is 1.09 bits per heavy atom.